The Morgan fingerprint density at radius 3 is 0.714 bits per heavy atom. The maximum absolute atomic E-state index is 5.03. The molecular weight excluding hydrogens is 295 g/mol. The molecule has 0 fully saturated rings. The van der Waals surface area contributed by atoms with Crippen LogP contribution in [0.15, 0.2) is 0 Å². The standard InChI is InChI=1S/3ClH.3H2O.Pr/h3*1H;3*1H2;/q;;;;;;+3/p-3. The summed E-state index contributed by atoms with van der Waals surface area (Å²) in [6.07, 6.45) is 0. The minimum absolute atomic E-state index is 0. The van der Waals surface area contributed by atoms with Crippen molar-refractivity contribution in [3.8, 4) is 0 Å². The summed E-state index contributed by atoms with van der Waals surface area (Å²) in [6, 6.07) is 0. The summed E-state index contributed by atoms with van der Waals surface area (Å²) in [4.78, 5) is 0. The molecule has 0 aromatic rings. The van der Waals surface area contributed by atoms with Crippen molar-refractivity contribution in [3.63, 3.8) is 0 Å². The van der Waals surface area contributed by atoms with E-state index in [4.69, 9.17) is 17.1 Å². The van der Waals surface area contributed by atoms with Gasteiger partial charge in [-0.25, -0.2) is 0 Å². The number of hydrogen-bond acceptors (Lipinski definition) is 0. The second-order valence-corrected chi connectivity index (χ2v) is 16.5. The van der Waals surface area contributed by atoms with Crippen LogP contribution >= 0.6 is 17.1 Å². The average molecular weight is 301 g/mol. The fraction of sp³-hybridized carbons (Fsp3) is 0. The first-order chi connectivity index (χ1) is 1.73. The van der Waals surface area contributed by atoms with Crippen LogP contribution in [-0.2, 0) is 0 Å². The predicted octanol–water partition coefficient (Wildman–Crippen LogP) is -0.406. The van der Waals surface area contributed by atoms with Crippen molar-refractivity contribution in [2.75, 3.05) is 0 Å². The molecule has 0 atom stereocenters. The van der Waals surface area contributed by atoms with Crippen LogP contribution in [0.25, 0.3) is 0 Å². The minimum atomic E-state index is -2.31. The van der Waals surface area contributed by atoms with Crippen molar-refractivity contribution in [1.29, 1.82) is 0 Å². The Kier molecular flexibility index (Phi) is 51.5. The molecule has 6 N–H and O–H groups in total. The molecule has 0 aromatic carbocycles. The first kappa shape index (κ1) is 22.9. The van der Waals surface area contributed by atoms with Gasteiger partial charge in [-0.1, -0.05) is 0 Å². The first-order valence-corrected chi connectivity index (χ1v) is 14.6. The third-order valence-electron chi connectivity index (χ3n) is 0. The van der Waals surface area contributed by atoms with Crippen LogP contribution in [0.3, 0.4) is 0 Å². The summed E-state index contributed by atoms with van der Waals surface area (Å²) in [6.45, 7) is 0. The van der Waals surface area contributed by atoms with Gasteiger partial charge in [0.2, 0.25) is 0 Å². The molecular formula is H6Cl3O3Pr. The van der Waals surface area contributed by atoms with E-state index in [1.165, 1.54) is 0 Å². The van der Waals surface area contributed by atoms with E-state index in [-0.39, 0.29) is 16.4 Å². The van der Waals surface area contributed by atoms with Crippen LogP contribution in [-0.4, -0.2) is 16.4 Å². The third-order valence-corrected chi connectivity index (χ3v) is 0. The molecule has 0 aromatic heterocycles. The molecule has 7 heteroatoms. The molecule has 0 rings (SSSR count). The van der Waals surface area contributed by atoms with Crippen LogP contribution in [0.5, 0.6) is 0 Å². The summed E-state index contributed by atoms with van der Waals surface area (Å²) in [5.41, 5.74) is 15.1. The van der Waals surface area contributed by atoms with Crippen molar-refractivity contribution in [2.24, 2.45) is 0 Å². The summed E-state index contributed by atoms with van der Waals surface area (Å²) in [7, 11) is 0. The SMILES string of the molecule is O.O.O.[Cl][Pr]([Cl])[Cl]. The molecule has 0 unspecified atom stereocenters. The van der Waals surface area contributed by atoms with Crippen LogP contribution in [0.2, 0.25) is 0 Å². The number of rotatable bonds is 0. The quantitative estimate of drug-likeness (QED) is 0.582. The molecule has 7 heavy (non-hydrogen) atoms. The molecule has 0 aliphatic rings. The molecule has 0 amide bonds. The van der Waals surface area contributed by atoms with Crippen LogP contribution < -0.4 is 0 Å². The summed E-state index contributed by atoms with van der Waals surface area (Å²) in [5, 5.41) is 0. The zero-order valence-corrected chi connectivity index (χ0v) is 9.18. The molecule has 0 spiro atoms. The van der Waals surface area contributed by atoms with E-state index in [2.05, 4.69) is 0 Å². The molecule has 0 aliphatic carbocycles. The van der Waals surface area contributed by atoms with Gasteiger partial charge in [-0.2, -0.15) is 0 Å². The molecule has 0 bridgehead atoms. The van der Waals surface area contributed by atoms with E-state index in [0.717, 1.165) is 0 Å². The molecule has 0 aliphatic heterocycles. The van der Waals surface area contributed by atoms with Gasteiger partial charge >= 0.3 is 47.4 Å². The molecule has 48 valence electrons. The fourth-order valence-electron chi connectivity index (χ4n) is 0. The Morgan fingerprint density at radius 2 is 0.714 bits per heavy atom. The summed E-state index contributed by atoms with van der Waals surface area (Å²) in [5.74, 6) is 0. The second-order valence-electron chi connectivity index (χ2n) is 0.247. The van der Waals surface area contributed by atoms with Crippen molar-refractivity contribution < 1.29 is 46.7 Å². The third kappa shape index (κ3) is 67.9. The Labute approximate surface area is 62.7 Å². The fourth-order valence-corrected chi connectivity index (χ4v) is 0. The Morgan fingerprint density at radius 1 is 0.714 bits per heavy atom. The van der Waals surface area contributed by atoms with Gasteiger partial charge < -0.3 is 16.4 Å². The predicted molar refractivity (Wildman–Crippen MR) is 28.4 cm³/mol. The van der Waals surface area contributed by atoms with E-state index in [1.54, 1.807) is 0 Å². The Balaban J connectivity index is -0.0000000150. The normalized spacial score (nSPS) is 3.86. The van der Waals surface area contributed by atoms with Crippen LogP contribution in [0, 0.1) is 30.3 Å². The van der Waals surface area contributed by atoms with Gasteiger partial charge in [-0.3, -0.25) is 0 Å². The summed E-state index contributed by atoms with van der Waals surface area (Å²) < 4.78 is 0. The molecule has 0 saturated carbocycles. The molecule has 0 radical (unpaired) electrons. The van der Waals surface area contributed by atoms with E-state index in [1.807, 2.05) is 0 Å². The first-order valence-electron chi connectivity index (χ1n) is 0.655. The number of halogens is 3. The van der Waals surface area contributed by atoms with Gasteiger partial charge in [-0.15, -0.1) is 0 Å². The Hall–Kier alpha value is 2.11. The van der Waals surface area contributed by atoms with Crippen molar-refractivity contribution in [2.45, 2.75) is 0 Å². The van der Waals surface area contributed by atoms with Gasteiger partial charge in [-0.05, 0) is 0 Å². The van der Waals surface area contributed by atoms with E-state index in [0.29, 0.717) is 0 Å². The molecule has 0 saturated heterocycles. The van der Waals surface area contributed by atoms with Gasteiger partial charge in [0.1, 0.15) is 0 Å². The van der Waals surface area contributed by atoms with Gasteiger partial charge in [0.05, 0.1) is 0 Å². The Bertz CT molecular complexity index is 14.9. The van der Waals surface area contributed by atoms with Crippen molar-refractivity contribution in [1.82, 2.24) is 0 Å². The zero-order valence-electron chi connectivity index (χ0n) is 3.21. The van der Waals surface area contributed by atoms with Gasteiger partial charge in [0.25, 0.3) is 0 Å². The average Bonchev–Trinajstić information content (AvgIpc) is 0.811. The second kappa shape index (κ2) is 15.7. The van der Waals surface area contributed by atoms with Gasteiger partial charge in [0, 0.05) is 0 Å². The van der Waals surface area contributed by atoms with Crippen LogP contribution in [0.1, 0.15) is 0 Å². The van der Waals surface area contributed by atoms with E-state index < -0.39 is 30.3 Å². The maximum atomic E-state index is 5.03. The zero-order chi connectivity index (χ0) is 3.58. The monoisotopic (exact) mass is 300 g/mol. The van der Waals surface area contributed by atoms with Crippen LogP contribution in [0.4, 0.5) is 0 Å². The summed E-state index contributed by atoms with van der Waals surface area (Å²) >= 11 is -2.31. The van der Waals surface area contributed by atoms with Crippen molar-refractivity contribution in [3.05, 3.63) is 0 Å². The van der Waals surface area contributed by atoms with E-state index >= 15 is 0 Å². The number of hydrogen-bond donors (Lipinski definition) is 0. The topological polar surface area (TPSA) is 94.5 Å². The van der Waals surface area contributed by atoms with Crippen molar-refractivity contribution >= 4 is 17.1 Å². The molecule has 3 nitrogen and oxygen atoms in total. The molecule has 0 heterocycles. The van der Waals surface area contributed by atoms with E-state index in [9.17, 15) is 0 Å². The van der Waals surface area contributed by atoms with Gasteiger partial charge in [0.15, 0.2) is 0 Å².